The second-order valence-corrected chi connectivity index (χ2v) is 6.66. The van der Waals surface area contributed by atoms with E-state index in [0.29, 0.717) is 21.4 Å². The zero-order valence-electron chi connectivity index (χ0n) is 13.9. The highest BCUT2D eigenvalue weighted by molar-refractivity contribution is 6.35. The molecule has 0 aliphatic carbocycles. The normalized spacial score (nSPS) is 10.4. The molecule has 25 heavy (non-hydrogen) atoms. The molecule has 0 aliphatic rings. The number of rotatable bonds is 6. The summed E-state index contributed by atoms with van der Waals surface area (Å²) in [4.78, 5) is 23.8. The van der Waals surface area contributed by atoms with E-state index >= 15 is 0 Å². The van der Waals surface area contributed by atoms with Crippen molar-refractivity contribution in [1.29, 1.82) is 0 Å². The molecule has 0 saturated carbocycles. The van der Waals surface area contributed by atoms with Gasteiger partial charge in [-0.05, 0) is 36.4 Å². The first kappa shape index (κ1) is 19.1. The lowest BCUT2D eigenvalue weighted by molar-refractivity contribution is -0.119. The van der Waals surface area contributed by atoms with Crippen LogP contribution in [0, 0.1) is 5.92 Å². The molecule has 2 amide bonds. The van der Waals surface area contributed by atoms with E-state index in [0.717, 1.165) is 5.69 Å². The van der Waals surface area contributed by atoms with E-state index in [9.17, 15) is 9.59 Å². The summed E-state index contributed by atoms with van der Waals surface area (Å²) in [5.74, 6) is -0.408. The molecule has 2 aromatic carbocycles. The van der Waals surface area contributed by atoms with Crippen molar-refractivity contribution in [1.82, 2.24) is 0 Å². The van der Waals surface area contributed by atoms with Gasteiger partial charge >= 0.3 is 0 Å². The topological polar surface area (TPSA) is 70.2 Å². The van der Waals surface area contributed by atoms with Crippen molar-refractivity contribution >= 4 is 52.1 Å². The Kier molecular flexibility index (Phi) is 6.67. The van der Waals surface area contributed by atoms with Gasteiger partial charge in [0.05, 0.1) is 6.54 Å². The van der Waals surface area contributed by atoms with Crippen LogP contribution in [0.3, 0.4) is 0 Å². The van der Waals surface area contributed by atoms with E-state index in [2.05, 4.69) is 16.0 Å². The van der Waals surface area contributed by atoms with Crippen LogP contribution < -0.4 is 16.0 Å². The van der Waals surface area contributed by atoms with Gasteiger partial charge in [-0.3, -0.25) is 9.59 Å². The number of anilines is 3. The van der Waals surface area contributed by atoms with Gasteiger partial charge in [0.2, 0.25) is 11.8 Å². The van der Waals surface area contributed by atoms with Crippen molar-refractivity contribution < 1.29 is 9.59 Å². The van der Waals surface area contributed by atoms with Gasteiger partial charge in [0.1, 0.15) is 0 Å². The van der Waals surface area contributed by atoms with Crippen LogP contribution in [-0.4, -0.2) is 18.4 Å². The number of carbonyl (C=O) groups is 2. The minimum Gasteiger partial charge on any atom is -0.376 e. The van der Waals surface area contributed by atoms with Crippen LogP contribution in [0.15, 0.2) is 42.5 Å². The summed E-state index contributed by atoms with van der Waals surface area (Å²) in [5.41, 5.74) is 1.92. The van der Waals surface area contributed by atoms with E-state index < -0.39 is 0 Å². The van der Waals surface area contributed by atoms with Crippen LogP contribution in [0.5, 0.6) is 0 Å². The van der Waals surface area contributed by atoms with E-state index in [1.807, 2.05) is 19.9 Å². The summed E-state index contributed by atoms with van der Waals surface area (Å²) >= 11 is 11.8. The minimum absolute atomic E-state index is 0.0612. The Morgan fingerprint density at radius 3 is 2.20 bits per heavy atom. The van der Waals surface area contributed by atoms with Gasteiger partial charge in [0, 0.05) is 33.0 Å². The Bertz CT molecular complexity index is 758. The number of amides is 2. The Morgan fingerprint density at radius 2 is 1.56 bits per heavy atom. The van der Waals surface area contributed by atoms with Gasteiger partial charge in [-0.25, -0.2) is 0 Å². The van der Waals surface area contributed by atoms with Crippen LogP contribution in [-0.2, 0) is 9.59 Å². The van der Waals surface area contributed by atoms with Gasteiger partial charge in [-0.2, -0.15) is 0 Å². The molecule has 2 aromatic rings. The van der Waals surface area contributed by atoms with E-state index in [1.165, 1.54) is 0 Å². The van der Waals surface area contributed by atoms with Crippen LogP contribution >= 0.6 is 23.2 Å². The number of hydrogen-bond donors (Lipinski definition) is 3. The first-order valence-electron chi connectivity index (χ1n) is 7.74. The summed E-state index contributed by atoms with van der Waals surface area (Å²) in [5, 5.41) is 9.43. The fourth-order valence-electron chi connectivity index (χ4n) is 2.01. The number of benzene rings is 2. The monoisotopic (exact) mass is 379 g/mol. The van der Waals surface area contributed by atoms with Crippen molar-refractivity contribution in [3.8, 4) is 0 Å². The van der Waals surface area contributed by atoms with Gasteiger partial charge in [0.15, 0.2) is 0 Å². The fourth-order valence-corrected chi connectivity index (χ4v) is 2.53. The smallest absolute Gasteiger partial charge is 0.243 e. The van der Waals surface area contributed by atoms with Gasteiger partial charge in [0.25, 0.3) is 0 Å². The van der Waals surface area contributed by atoms with Crippen molar-refractivity contribution in [3.05, 3.63) is 52.5 Å². The zero-order chi connectivity index (χ0) is 18.4. The third-order valence-corrected chi connectivity index (χ3v) is 3.69. The SMILES string of the molecule is CC(C)C(=O)Nc1cccc(NCC(=O)Nc2cc(Cl)cc(Cl)c2)c1. The highest BCUT2D eigenvalue weighted by atomic mass is 35.5. The Balaban J connectivity index is 1.92. The molecule has 0 aliphatic heterocycles. The molecule has 0 aromatic heterocycles. The maximum atomic E-state index is 12.0. The Hall–Kier alpha value is -2.24. The average Bonchev–Trinajstić information content (AvgIpc) is 2.52. The number of halogens is 2. The maximum Gasteiger partial charge on any atom is 0.243 e. The summed E-state index contributed by atoms with van der Waals surface area (Å²) < 4.78 is 0. The second kappa shape index (κ2) is 8.74. The lowest BCUT2D eigenvalue weighted by Gasteiger charge is -2.11. The first-order valence-corrected chi connectivity index (χ1v) is 8.50. The summed E-state index contributed by atoms with van der Waals surface area (Å²) in [6.07, 6.45) is 0. The molecule has 0 radical (unpaired) electrons. The molecule has 5 nitrogen and oxygen atoms in total. The highest BCUT2D eigenvalue weighted by Gasteiger charge is 2.08. The molecular formula is C18H19Cl2N3O2. The molecule has 0 fully saturated rings. The molecule has 0 heterocycles. The molecule has 0 saturated heterocycles. The molecule has 0 spiro atoms. The van der Waals surface area contributed by atoms with Gasteiger partial charge in [-0.1, -0.05) is 43.1 Å². The van der Waals surface area contributed by atoms with Crippen molar-refractivity contribution in [3.63, 3.8) is 0 Å². The average molecular weight is 380 g/mol. The number of nitrogens with one attached hydrogen (secondary N) is 3. The molecule has 3 N–H and O–H groups in total. The molecule has 0 bridgehead atoms. The van der Waals surface area contributed by atoms with E-state index in [-0.39, 0.29) is 24.3 Å². The molecule has 132 valence electrons. The quantitative estimate of drug-likeness (QED) is 0.684. The standard InChI is InChI=1S/C18H19Cl2N3O2/c1-11(2)18(25)23-15-5-3-4-14(9-15)21-10-17(24)22-16-7-12(19)6-13(20)8-16/h3-9,11,21H,10H2,1-2H3,(H,22,24)(H,23,25). The molecule has 7 heteroatoms. The lowest BCUT2D eigenvalue weighted by Crippen LogP contribution is -2.22. The molecule has 0 atom stereocenters. The van der Waals surface area contributed by atoms with E-state index in [4.69, 9.17) is 23.2 Å². The fraction of sp³-hybridized carbons (Fsp3) is 0.222. The van der Waals surface area contributed by atoms with Crippen molar-refractivity contribution in [2.75, 3.05) is 22.5 Å². The predicted molar refractivity (Wildman–Crippen MR) is 103 cm³/mol. The van der Waals surface area contributed by atoms with Gasteiger partial charge in [-0.15, -0.1) is 0 Å². The third kappa shape index (κ3) is 6.29. The maximum absolute atomic E-state index is 12.0. The largest absolute Gasteiger partial charge is 0.376 e. The summed E-state index contributed by atoms with van der Waals surface area (Å²) in [6, 6.07) is 12.0. The van der Waals surface area contributed by atoms with Crippen molar-refractivity contribution in [2.45, 2.75) is 13.8 Å². The molecule has 2 rings (SSSR count). The van der Waals surface area contributed by atoms with Crippen LogP contribution in [0.2, 0.25) is 10.0 Å². The highest BCUT2D eigenvalue weighted by Crippen LogP contribution is 2.22. The predicted octanol–water partition coefficient (Wildman–Crippen LogP) is 4.64. The molecular weight excluding hydrogens is 361 g/mol. The van der Waals surface area contributed by atoms with Crippen molar-refractivity contribution in [2.24, 2.45) is 5.92 Å². The van der Waals surface area contributed by atoms with Crippen LogP contribution in [0.25, 0.3) is 0 Å². The first-order chi connectivity index (χ1) is 11.8. The summed E-state index contributed by atoms with van der Waals surface area (Å²) in [6.45, 7) is 3.71. The number of carbonyl (C=O) groups excluding carboxylic acids is 2. The lowest BCUT2D eigenvalue weighted by atomic mass is 10.2. The van der Waals surface area contributed by atoms with E-state index in [1.54, 1.807) is 36.4 Å². The van der Waals surface area contributed by atoms with Crippen LogP contribution in [0.1, 0.15) is 13.8 Å². The molecule has 0 unspecified atom stereocenters. The third-order valence-electron chi connectivity index (χ3n) is 3.25. The second-order valence-electron chi connectivity index (χ2n) is 5.78. The Labute approximate surface area is 156 Å². The zero-order valence-corrected chi connectivity index (χ0v) is 15.4. The summed E-state index contributed by atoms with van der Waals surface area (Å²) in [7, 11) is 0. The van der Waals surface area contributed by atoms with Crippen LogP contribution in [0.4, 0.5) is 17.1 Å². The number of hydrogen-bond acceptors (Lipinski definition) is 3. The Morgan fingerprint density at radius 1 is 0.920 bits per heavy atom. The minimum atomic E-state index is -0.241. The van der Waals surface area contributed by atoms with Gasteiger partial charge < -0.3 is 16.0 Å².